The van der Waals surface area contributed by atoms with Crippen LogP contribution in [-0.4, -0.2) is 21.6 Å². The van der Waals surface area contributed by atoms with Crippen molar-refractivity contribution in [3.05, 3.63) is 83.4 Å². The standard InChI is InChI=1S/C23H19ClFN3OS2/c24-17-5-8-19(9-6-17)30-12-2-4-22(29)28(15-16-3-1-11-26-14-16)23-27-20-10-7-18(25)13-21(20)31-23/h1,3,5-11,13-14H,2,4,12,15H2. The monoisotopic (exact) mass is 471 g/mol. The summed E-state index contributed by atoms with van der Waals surface area (Å²) < 4.78 is 14.3. The van der Waals surface area contributed by atoms with Crippen molar-refractivity contribution in [2.24, 2.45) is 0 Å². The summed E-state index contributed by atoms with van der Waals surface area (Å²) in [6.07, 6.45) is 4.56. The van der Waals surface area contributed by atoms with Crippen LogP contribution in [0.15, 0.2) is 71.9 Å². The number of rotatable bonds is 8. The lowest BCUT2D eigenvalue weighted by Gasteiger charge is -2.20. The van der Waals surface area contributed by atoms with Gasteiger partial charge >= 0.3 is 0 Å². The van der Waals surface area contributed by atoms with Crippen molar-refractivity contribution in [2.45, 2.75) is 24.3 Å². The maximum Gasteiger partial charge on any atom is 0.229 e. The third kappa shape index (κ3) is 5.81. The summed E-state index contributed by atoms with van der Waals surface area (Å²) in [7, 11) is 0. The van der Waals surface area contributed by atoms with Gasteiger partial charge in [-0.1, -0.05) is 29.0 Å². The van der Waals surface area contributed by atoms with Gasteiger partial charge in [0.05, 0.1) is 16.8 Å². The van der Waals surface area contributed by atoms with E-state index in [9.17, 15) is 9.18 Å². The van der Waals surface area contributed by atoms with Crippen molar-refractivity contribution in [2.75, 3.05) is 10.7 Å². The van der Waals surface area contributed by atoms with Gasteiger partial charge in [-0.25, -0.2) is 9.37 Å². The fourth-order valence-electron chi connectivity index (χ4n) is 3.02. The third-order valence-electron chi connectivity index (χ3n) is 4.55. The first-order valence-electron chi connectivity index (χ1n) is 9.72. The fraction of sp³-hybridized carbons (Fsp3) is 0.174. The molecule has 2 aromatic heterocycles. The lowest BCUT2D eigenvalue weighted by Crippen LogP contribution is -2.30. The van der Waals surface area contributed by atoms with Crippen LogP contribution >= 0.6 is 34.7 Å². The van der Waals surface area contributed by atoms with Crippen molar-refractivity contribution in [1.82, 2.24) is 9.97 Å². The molecular weight excluding hydrogens is 453 g/mol. The molecule has 0 aliphatic heterocycles. The van der Waals surface area contributed by atoms with E-state index in [0.717, 1.165) is 27.3 Å². The molecule has 0 unspecified atom stereocenters. The van der Waals surface area contributed by atoms with Crippen LogP contribution in [0.1, 0.15) is 18.4 Å². The number of carbonyl (C=O) groups excluding carboxylic acids is 1. The number of hydrogen-bond donors (Lipinski definition) is 0. The second-order valence-electron chi connectivity index (χ2n) is 6.86. The summed E-state index contributed by atoms with van der Waals surface area (Å²) in [4.78, 5) is 24.6. The first-order chi connectivity index (χ1) is 15.1. The lowest BCUT2D eigenvalue weighted by atomic mass is 10.2. The van der Waals surface area contributed by atoms with Crippen molar-refractivity contribution in [3.63, 3.8) is 0 Å². The normalized spacial score (nSPS) is 11.0. The van der Waals surface area contributed by atoms with E-state index in [-0.39, 0.29) is 11.7 Å². The van der Waals surface area contributed by atoms with E-state index in [2.05, 4.69) is 9.97 Å². The SMILES string of the molecule is O=C(CCCSc1ccc(Cl)cc1)N(Cc1cccnc1)c1nc2ccc(F)cc2s1. The van der Waals surface area contributed by atoms with E-state index in [1.807, 2.05) is 36.4 Å². The summed E-state index contributed by atoms with van der Waals surface area (Å²) in [5, 5.41) is 1.28. The highest BCUT2D eigenvalue weighted by Gasteiger charge is 2.20. The smallest absolute Gasteiger partial charge is 0.229 e. The number of pyridine rings is 1. The molecule has 2 aromatic carbocycles. The van der Waals surface area contributed by atoms with Gasteiger partial charge in [0.25, 0.3) is 0 Å². The van der Waals surface area contributed by atoms with E-state index < -0.39 is 0 Å². The highest BCUT2D eigenvalue weighted by molar-refractivity contribution is 7.99. The number of thiazole rings is 1. The number of carbonyl (C=O) groups is 1. The second-order valence-corrected chi connectivity index (χ2v) is 9.47. The Morgan fingerprint density at radius 3 is 2.77 bits per heavy atom. The topological polar surface area (TPSA) is 46.1 Å². The zero-order chi connectivity index (χ0) is 21.6. The molecule has 1 amide bonds. The Morgan fingerprint density at radius 2 is 2.00 bits per heavy atom. The Morgan fingerprint density at radius 1 is 1.16 bits per heavy atom. The van der Waals surface area contributed by atoms with E-state index in [4.69, 9.17) is 11.6 Å². The number of aromatic nitrogens is 2. The molecule has 2 heterocycles. The van der Waals surface area contributed by atoms with E-state index in [1.54, 1.807) is 35.1 Å². The Hall–Kier alpha value is -2.48. The molecule has 158 valence electrons. The summed E-state index contributed by atoms with van der Waals surface area (Å²) in [5.74, 6) is 0.492. The maximum atomic E-state index is 13.6. The highest BCUT2D eigenvalue weighted by atomic mass is 35.5. The van der Waals surface area contributed by atoms with Crippen molar-refractivity contribution in [1.29, 1.82) is 0 Å². The molecule has 0 fully saturated rings. The zero-order valence-electron chi connectivity index (χ0n) is 16.5. The number of hydrogen-bond acceptors (Lipinski definition) is 5. The fourth-order valence-corrected chi connectivity index (χ4v) is 5.00. The summed E-state index contributed by atoms with van der Waals surface area (Å²) >= 11 is 8.94. The lowest BCUT2D eigenvalue weighted by molar-refractivity contribution is -0.118. The van der Waals surface area contributed by atoms with Gasteiger partial charge in [0.1, 0.15) is 5.82 Å². The number of fused-ring (bicyclic) bond motifs is 1. The molecule has 0 N–H and O–H groups in total. The molecule has 4 nitrogen and oxygen atoms in total. The Labute approximate surface area is 193 Å². The van der Waals surface area contributed by atoms with Gasteiger partial charge in [-0.3, -0.25) is 14.7 Å². The molecule has 8 heteroatoms. The number of amides is 1. The summed E-state index contributed by atoms with van der Waals surface area (Å²) in [6, 6.07) is 15.9. The molecule has 0 bridgehead atoms. The van der Waals surface area contributed by atoms with E-state index in [0.29, 0.717) is 28.6 Å². The van der Waals surface area contributed by atoms with Gasteiger partial charge in [-0.2, -0.15) is 0 Å². The zero-order valence-corrected chi connectivity index (χ0v) is 18.9. The number of thioether (sulfide) groups is 1. The van der Waals surface area contributed by atoms with Gasteiger partial charge < -0.3 is 0 Å². The summed E-state index contributed by atoms with van der Waals surface area (Å²) in [6.45, 7) is 0.374. The molecule has 0 aliphatic rings. The Balaban J connectivity index is 1.46. The van der Waals surface area contributed by atoms with Crippen LogP contribution in [0, 0.1) is 5.82 Å². The predicted molar refractivity (Wildman–Crippen MR) is 126 cm³/mol. The van der Waals surface area contributed by atoms with Crippen LogP contribution in [0.4, 0.5) is 9.52 Å². The average molecular weight is 472 g/mol. The average Bonchev–Trinajstić information content (AvgIpc) is 3.19. The molecule has 4 rings (SSSR count). The van der Waals surface area contributed by atoms with Gasteiger partial charge in [0.15, 0.2) is 5.13 Å². The van der Waals surface area contributed by atoms with Crippen molar-refractivity contribution in [3.8, 4) is 0 Å². The van der Waals surface area contributed by atoms with Gasteiger partial charge in [0, 0.05) is 28.7 Å². The van der Waals surface area contributed by atoms with E-state index in [1.165, 1.54) is 23.5 Å². The third-order valence-corrected chi connectivity index (χ3v) is 6.94. The molecule has 0 aliphatic carbocycles. The number of nitrogens with zero attached hydrogens (tertiary/aromatic N) is 3. The van der Waals surface area contributed by atoms with Gasteiger partial charge in [-0.15, -0.1) is 11.8 Å². The first kappa shape index (κ1) is 21.7. The van der Waals surface area contributed by atoms with Crippen LogP contribution in [-0.2, 0) is 11.3 Å². The van der Waals surface area contributed by atoms with Gasteiger partial charge in [-0.05, 0) is 66.3 Å². The van der Waals surface area contributed by atoms with Crippen molar-refractivity contribution >= 4 is 56.0 Å². The minimum atomic E-state index is -0.313. The summed E-state index contributed by atoms with van der Waals surface area (Å²) in [5.41, 5.74) is 1.60. The quantitative estimate of drug-likeness (QED) is 0.215. The van der Waals surface area contributed by atoms with Crippen LogP contribution in [0.25, 0.3) is 10.2 Å². The van der Waals surface area contributed by atoms with Crippen LogP contribution in [0.2, 0.25) is 5.02 Å². The molecule has 0 spiro atoms. The number of benzene rings is 2. The van der Waals surface area contributed by atoms with Crippen LogP contribution in [0.3, 0.4) is 0 Å². The highest BCUT2D eigenvalue weighted by Crippen LogP contribution is 2.31. The van der Waals surface area contributed by atoms with Crippen LogP contribution < -0.4 is 4.90 Å². The maximum absolute atomic E-state index is 13.6. The van der Waals surface area contributed by atoms with Crippen LogP contribution in [0.5, 0.6) is 0 Å². The Kier molecular flexibility index (Phi) is 7.17. The van der Waals surface area contributed by atoms with E-state index >= 15 is 0 Å². The van der Waals surface area contributed by atoms with Gasteiger partial charge in [0.2, 0.25) is 5.91 Å². The molecule has 0 saturated carbocycles. The molecular formula is C23H19ClFN3OS2. The first-order valence-corrected chi connectivity index (χ1v) is 11.9. The molecule has 4 aromatic rings. The minimum Gasteiger partial charge on any atom is -0.284 e. The Bertz CT molecular complexity index is 1170. The molecule has 0 saturated heterocycles. The molecule has 31 heavy (non-hydrogen) atoms. The molecule has 0 radical (unpaired) electrons. The minimum absolute atomic E-state index is 0.0138. The number of halogens is 2. The van der Waals surface area contributed by atoms with Crippen molar-refractivity contribution < 1.29 is 9.18 Å². The molecule has 0 atom stereocenters. The number of anilines is 1. The predicted octanol–water partition coefficient (Wildman–Crippen LogP) is 6.59. The second kappa shape index (κ2) is 10.2. The largest absolute Gasteiger partial charge is 0.284 e.